The first kappa shape index (κ1) is 17.0. The molecule has 0 spiro atoms. The Kier molecular flexibility index (Phi) is 3.85. The molecule has 0 fully saturated rings. The molecule has 0 saturated carbocycles. The van der Waals surface area contributed by atoms with Crippen LogP contribution in [-0.4, -0.2) is 13.3 Å². The van der Waals surface area contributed by atoms with Gasteiger partial charge in [-0.25, -0.2) is 8.42 Å². The zero-order chi connectivity index (χ0) is 19.2. The van der Waals surface area contributed by atoms with E-state index < -0.39 is 14.9 Å². The second-order valence-electron chi connectivity index (χ2n) is 6.12. The lowest BCUT2D eigenvalue weighted by atomic mass is 10.1. The number of anilines is 1. The third kappa shape index (κ3) is 3.00. The molecule has 8 heteroatoms. The van der Waals surface area contributed by atoms with Crippen LogP contribution in [0.2, 0.25) is 0 Å². The number of nitro benzene ring substituents is 1. The zero-order valence-corrected chi connectivity index (χ0v) is 15.0. The Morgan fingerprint density at radius 2 is 1.70 bits per heavy atom. The first-order chi connectivity index (χ1) is 12.8. The van der Waals surface area contributed by atoms with Gasteiger partial charge in [-0.15, -0.1) is 0 Å². The van der Waals surface area contributed by atoms with E-state index in [4.69, 9.17) is 4.42 Å². The van der Waals surface area contributed by atoms with E-state index >= 15 is 0 Å². The number of nitrogens with one attached hydrogen (secondary N) is 1. The van der Waals surface area contributed by atoms with Gasteiger partial charge in [-0.3, -0.25) is 14.8 Å². The number of hydrogen-bond donors (Lipinski definition) is 1. The van der Waals surface area contributed by atoms with E-state index in [9.17, 15) is 18.5 Å². The fraction of sp³-hybridized carbons (Fsp3) is 0.0526. The molecule has 7 nitrogen and oxygen atoms in total. The Hall–Kier alpha value is -3.39. The van der Waals surface area contributed by atoms with Gasteiger partial charge >= 0.3 is 0 Å². The molecule has 0 amide bonds. The summed E-state index contributed by atoms with van der Waals surface area (Å²) in [6.07, 6.45) is 0. The average molecular weight is 382 g/mol. The Balaban J connectivity index is 1.75. The zero-order valence-electron chi connectivity index (χ0n) is 14.2. The molecule has 0 aliphatic carbocycles. The normalized spacial score (nSPS) is 11.7. The van der Waals surface area contributed by atoms with Gasteiger partial charge in [0.05, 0.1) is 15.5 Å². The Morgan fingerprint density at radius 3 is 2.48 bits per heavy atom. The van der Waals surface area contributed by atoms with E-state index in [1.165, 1.54) is 12.1 Å². The summed E-state index contributed by atoms with van der Waals surface area (Å²) in [4.78, 5) is 10.2. The smallest absolute Gasteiger partial charge is 0.270 e. The minimum absolute atomic E-state index is 0.138. The van der Waals surface area contributed by atoms with Crippen LogP contribution in [0.1, 0.15) is 5.56 Å². The number of non-ortho nitro benzene ring substituents is 1. The van der Waals surface area contributed by atoms with Crippen molar-refractivity contribution in [3.63, 3.8) is 0 Å². The fourth-order valence-electron chi connectivity index (χ4n) is 2.99. The topological polar surface area (TPSA) is 102 Å². The Labute approximate surface area is 154 Å². The number of furan rings is 1. The second kappa shape index (κ2) is 6.10. The van der Waals surface area contributed by atoms with Crippen LogP contribution in [0.25, 0.3) is 21.9 Å². The highest BCUT2D eigenvalue weighted by Crippen LogP contribution is 2.31. The van der Waals surface area contributed by atoms with Crippen molar-refractivity contribution in [2.75, 3.05) is 4.72 Å². The van der Waals surface area contributed by atoms with Crippen LogP contribution in [0.4, 0.5) is 11.4 Å². The molecule has 1 heterocycles. The predicted octanol–water partition coefficient (Wildman–Crippen LogP) is 4.60. The summed E-state index contributed by atoms with van der Waals surface area (Å²) in [5.41, 5.74) is 1.70. The summed E-state index contributed by atoms with van der Waals surface area (Å²) in [5, 5.41) is 12.8. The number of para-hydroxylation sites is 1. The van der Waals surface area contributed by atoms with Gasteiger partial charge in [0.25, 0.3) is 15.7 Å². The van der Waals surface area contributed by atoms with Gasteiger partial charge in [0.1, 0.15) is 11.2 Å². The molecule has 0 unspecified atom stereocenters. The van der Waals surface area contributed by atoms with Crippen LogP contribution in [0.5, 0.6) is 0 Å². The maximum Gasteiger partial charge on any atom is 0.270 e. The number of nitrogens with zero attached hydrogens (tertiary/aromatic N) is 1. The standard InChI is InChI=1S/C19H14N2O5S/c1-12-6-8-14(21(22)23)11-19(12)27(24,25)20-13-7-9-16-15-4-2-3-5-17(15)26-18(16)10-13/h2-11,20H,1H3. The second-order valence-corrected chi connectivity index (χ2v) is 7.77. The number of rotatable bonds is 4. The van der Waals surface area contributed by atoms with E-state index in [0.29, 0.717) is 22.4 Å². The third-order valence-corrected chi connectivity index (χ3v) is 5.83. The van der Waals surface area contributed by atoms with Crippen LogP contribution >= 0.6 is 0 Å². The molecule has 0 atom stereocenters. The summed E-state index contributed by atoms with van der Waals surface area (Å²) >= 11 is 0. The maximum atomic E-state index is 12.7. The van der Waals surface area contributed by atoms with Gasteiger partial charge in [0.15, 0.2) is 0 Å². The average Bonchev–Trinajstić information content (AvgIpc) is 2.99. The fourth-order valence-corrected chi connectivity index (χ4v) is 4.31. The van der Waals surface area contributed by atoms with Crippen molar-refractivity contribution in [3.05, 3.63) is 76.3 Å². The predicted molar refractivity (Wildman–Crippen MR) is 102 cm³/mol. The number of benzene rings is 3. The lowest BCUT2D eigenvalue weighted by Crippen LogP contribution is -2.14. The lowest BCUT2D eigenvalue weighted by molar-refractivity contribution is -0.385. The van der Waals surface area contributed by atoms with Crippen LogP contribution in [-0.2, 0) is 10.0 Å². The van der Waals surface area contributed by atoms with Crippen LogP contribution in [0.15, 0.2) is 70.0 Å². The first-order valence-electron chi connectivity index (χ1n) is 8.04. The van der Waals surface area contributed by atoms with Gasteiger partial charge in [-0.2, -0.15) is 0 Å². The highest BCUT2D eigenvalue weighted by molar-refractivity contribution is 7.92. The monoisotopic (exact) mass is 382 g/mol. The van der Waals surface area contributed by atoms with Gasteiger partial charge < -0.3 is 4.42 Å². The van der Waals surface area contributed by atoms with Gasteiger partial charge in [-0.1, -0.05) is 24.3 Å². The lowest BCUT2D eigenvalue weighted by Gasteiger charge is -2.10. The van der Waals surface area contributed by atoms with Crippen molar-refractivity contribution in [2.45, 2.75) is 11.8 Å². The maximum absolute atomic E-state index is 12.7. The van der Waals surface area contributed by atoms with E-state index in [1.54, 1.807) is 25.1 Å². The summed E-state index contributed by atoms with van der Waals surface area (Å²) < 4.78 is 33.7. The van der Waals surface area contributed by atoms with Crippen LogP contribution < -0.4 is 4.72 Å². The molecule has 4 aromatic rings. The van der Waals surface area contributed by atoms with Crippen LogP contribution in [0.3, 0.4) is 0 Å². The molecule has 0 aliphatic heterocycles. The summed E-state index contributed by atoms with van der Waals surface area (Å²) in [6.45, 7) is 1.58. The van der Waals surface area contributed by atoms with E-state index in [2.05, 4.69) is 4.72 Å². The molecular formula is C19H14N2O5S. The molecule has 136 valence electrons. The highest BCUT2D eigenvalue weighted by atomic mass is 32.2. The van der Waals surface area contributed by atoms with E-state index in [0.717, 1.165) is 16.8 Å². The Bertz CT molecular complexity index is 1310. The van der Waals surface area contributed by atoms with Crippen molar-refractivity contribution >= 4 is 43.3 Å². The Morgan fingerprint density at radius 1 is 0.963 bits per heavy atom. The molecule has 0 radical (unpaired) electrons. The molecule has 0 bridgehead atoms. The summed E-state index contributed by atoms with van der Waals surface area (Å²) in [6, 6.07) is 16.3. The molecule has 4 rings (SSSR count). The molecule has 3 aromatic carbocycles. The number of hydrogen-bond acceptors (Lipinski definition) is 5. The van der Waals surface area contributed by atoms with Gasteiger partial charge in [-0.05, 0) is 30.7 Å². The molecule has 27 heavy (non-hydrogen) atoms. The molecule has 0 saturated heterocycles. The number of fused-ring (bicyclic) bond motifs is 3. The van der Waals surface area contributed by atoms with Gasteiger partial charge in [0.2, 0.25) is 0 Å². The molecule has 1 aromatic heterocycles. The number of nitro groups is 1. The van der Waals surface area contributed by atoms with Crippen molar-refractivity contribution in [3.8, 4) is 0 Å². The molecule has 0 aliphatic rings. The third-order valence-electron chi connectivity index (χ3n) is 4.30. The molecule has 1 N–H and O–H groups in total. The van der Waals surface area contributed by atoms with Crippen molar-refractivity contribution in [1.29, 1.82) is 0 Å². The van der Waals surface area contributed by atoms with Crippen molar-refractivity contribution in [2.24, 2.45) is 0 Å². The minimum atomic E-state index is -3.99. The van der Waals surface area contributed by atoms with Crippen molar-refractivity contribution in [1.82, 2.24) is 0 Å². The summed E-state index contributed by atoms with van der Waals surface area (Å²) in [5.74, 6) is 0. The number of aryl methyl sites for hydroxylation is 1. The number of sulfonamides is 1. The van der Waals surface area contributed by atoms with E-state index in [1.807, 2.05) is 24.3 Å². The highest BCUT2D eigenvalue weighted by Gasteiger charge is 2.21. The SMILES string of the molecule is Cc1ccc([N+](=O)[O-])cc1S(=O)(=O)Nc1ccc2c(c1)oc1ccccc12. The van der Waals surface area contributed by atoms with Crippen LogP contribution in [0, 0.1) is 17.0 Å². The van der Waals surface area contributed by atoms with Crippen molar-refractivity contribution < 1.29 is 17.8 Å². The largest absolute Gasteiger partial charge is 0.456 e. The van der Waals surface area contributed by atoms with E-state index in [-0.39, 0.29) is 10.6 Å². The van der Waals surface area contributed by atoms with Gasteiger partial charge in [0, 0.05) is 29.0 Å². The quantitative estimate of drug-likeness (QED) is 0.410. The summed E-state index contributed by atoms with van der Waals surface area (Å²) in [7, 11) is -3.99. The molecular weight excluding hydrogens is 368 g/mol. The first-order valence-corrected chi connectivity index (χ1v) is 9.53. The minimum Gasteiger partial charge on any atom is -0.456 e.